The van der Waals surface area contributed by atoms with Crippen LogP contribution in [0.5, 0.6) is 0 Å². The van der Waals surface area contributed by atoms with E-state index >= 15 is 0 Å². The summed E-state index contributed by atoms with van der Waals surface area (Å²) in [7, 11) is 1.65. The predicted molar refractivity (Wildman–Crippen MR) is 91.7 cm³/mol. The number of nitrogens with zero attached hydrogens (tertiary/aromatic N) is 5. The number of benzene rings is 1. The maximum absolute atomic E-state index is 10.9. The second kappa shape index (κ2) is 6.70. The van der Waals surface area contributed by atoms with E-state index in [0.717, 1.165) is 17.7 Å². The third kappa shape index (κ3) is 3.04. The molecule has 8 nitrogen and oxygen atoms in total. The smallest absolute Gasteiger partial charge is 0.269 e. The van der Waals surface area contributed by atoms with Crippen molar-refractivity contribution in [2.75, 3.05) is 18.6 Å². The minimum Gasteiger partial charge on any atom is -0.383 e. The van der Waals surface area contributed by atoms with Gasteiger partial charge in [-0.1, -0.05) is 0 Å². The molecule has 1 atom stereocenters. The van der Waals surface area contributed by atoms with Gasteiger partial charge in [-0.3, -0.25) is 10.1 Å². The van der Waals surface area contributed by atoms with E-state index in [9.17, 15) is 10.1 Å². The highest BCUT2D eigenvalue weighted by molar-refractivity contribution is 7.71. The van der Waals surface area contributed by atoms with Gasteiger partial charge in [0.05, 0.1) is 11.5 Å². The lowest BCUT2D eigenvalue weighted by Gasteiger charge is -2.24. The van der Waals surface area contributed by atoms with Gasteiger partial charge in [0.1, 0.15) is 13.0 Å². The Balaban J connectivity index is 1.83. The number of nitro benzene ring substituents is 1. The predicted octanol–water partition coefficient (Wildman–Crippen LogP) is 2.38. The molecule has 0 spiro atoms. The lowest BCUT2D eigenvalue weighted by Crippen LogP contribution is -2.32. The summed E-state index contributed by atoms with van der Waals surface area (Å²) in [6.07, 6.45) is 2.48. The van der Waals surface area contributed by atoms with Gasteiger partial charge in [-0.05, 0) is 37.2 Å². The first-order valence-electron chi connectivity index (χ1n) is 7.66. The van der Waals surface area contributed by atoms with Crippen molar-refractivity contribution >= 4 is 23.6 Å². The minimum absolute atomic E-state index is 0.128. The summed E-state index contributed by atoms with van der Waals surface area (Å²) in [5, 5.41) is 15.3. The highest BCUT2D eigenvalue weighted by Crippen LogP contribution is 2.34. The van der Waals surface area contributed by atoms with Crippen LogP contribution in [0.2, 0.25) is 0 Å². The number of fused-ring (bicyclic) bond motifs is 1. The third-order valence-electron chi connectivity index (χ3n) is 4.25. The van der Waals surface area contributed by atoms with Gasteiger partial charge in [-0.15, -0.1) is 0 Å². The van der Waals surface area contributed by atoms with E-state index in [1.807, 2.05) is 10.6 Å². The average molecular weight is 349 g/mol. The van der Waals surface area contributed by atoms with E-state index in [0.29, 0.717) is 24.6 Å². The first kappa shape index (κ1) is 16.6. The van der Waals surface area contributed by atoms with E-state index < -0.39 is 0 Å². The molecule has 1 aliphatic heterocycles. The maximum atomic E-state index is 10.9. The molecule has 1 aromatic heterocycles. The Morgan fingerprint density at radius 2 is 2.29 bits per heavy atom. The fraction of sp³-hybridized carbons (Fsp3) is 0.467. The second-order valence-corrected chi connectivity index (χ2v) is 6.20. The van der Waals surface area contributed by atoms with Gasteiger partial charge in [0.15, 0.2) is 4.77 Å². The normalized spacial score (nSPS) is 16.4. The van der Waals surface area contributed by atoms with Gasteiger partial charge in [0.2, 0.25) is 0 Å². The van der Waals surface area contributed by atoms with Gasteiger partial charge in [-0.25, -0.2) is 4.68 Å². The molecule has 0 unspecified atom stereocenters. The molecule has 0 saturated heterocycles. The zero-order valence-corrected chi connectivity index (χ0v) is 14.4. The number of non-ortho nitro benzene ring substituents is 1. The molecule has 0 saturated carbocycles. The molecule has 0 aliphatic carbocycles. The molecule has 24 heavy (non-hydrogen) atoms. The molecule has 2 heterocycles. The van der Waals surface area contributed by atoms with Crippen molar-refractivity contribution in [3.05, 3.63) is 45.0 Å². The van der Waals surface area contributed by atoms with E-state index in [-0.39, 0.29) is 16.7 Å². The van der Waals surface area contributed by atoms with Crippen LogP contribution >= 0.6 is 12.2 Å². The summed E-state index contributed by atoms with van der Waals surface area (Å²) in [6.45, 7) is 3.85. The monoisotopic (exact) mass is 349 g/mol. The fourth-order valence-electron chi connectivity index (χ4n) is 2.97. The topological polar surface area (TPSA) is 78.4 Å². The molecular formula is C15H19N5O3S. The number of methoxy groups -OCH3 is 1. The Labute approximate surface area is 144 Å². The van der Waals surface area contributed by atoms with E-state index in [2.05, 4.69) is 16.9 Å². The Morgan fingerprint density at radius 3 is 3.00 bits per heavy atom. The Bertz CT molecular complexity index is 816. The van der Waals surface area contributed by atoms with Crippen LogP contribution < -0.4 is 4.90 Å². The molecule has 0 N–H and O–H groups in total. The molecule has 1 aliphatic rings. The quantitative estimate of drug-likeness (QED) is 0.453. The SMILES string of the molecule is COCCn1cnn(CN2c3ccc([N+](=O)[O-])cc3C[C@H]2C)c1=S. The first-order valence-corrected chi connectivity index (χ1v) is 8.07. The van der Waals surface area contributed by atoms with Gasteiger partial charge >= 0.3 is 0 Å². The summed E-state index contributed by atoms with van der Waals surface area (Å²) >= 11 is 5.46. The van der Waals surface area contributed by atoms with Gasteiger partial charge in [-0.2, -0.15) is 5.10 Å². The van der Waals surface area contributed by atoms with Crippen LogP contribution in [0.3, 0.4) is 0 Å². The highest BCUT2D eigenvalue weighted by atomic mass is 32.1. The minimum atomic E-state index is -0.360. The van der Waals surface area contributed by atoms with E-state index in [4.69, 9.17) is 17.0 Å². The van der Waals surface area contributed by atoms with Crippen LogP contribution in [0.15, 0.2) is 24.5 Å². The fourth-order valence-corrected chi connectivity index (χ4v) is 3.21. The summed E-state index contributed by atoms with van der Waals surface area (Å²) in [5.41, 5.74) is 2.12. The number of anilines is 1. The zero-order valence-electron chi connectivity index (χ0n) is 13.6. The molecule has 0 amide bonds. The average Bonchev–Trinajstić information content (AvgIpc) is 3.06. The Morgan fingerprint density at radius 1 is 1.50 bits per heavy atom. The van der Waals surface area contributed by atoms with Crippen molar-refractivity contribution in [3.8, 4) is 0 Å². The molecule has 1 aromatic carbocycles. The summed E-state index contributed by atoms with van der Waals surface area (Å²) < 4.78 is 9.34. The number of hydrogen-bond donors (Lipinski definition) is 0. The lowest BCUT2D eigenvalue weighted by molar-refractivity contribution is -0.384. The van der Waals surface area contributed by atoms with Crippen molar-refractivity contribution in [1.82, 2.24) is 14.3 Å². The molecule has 0 radical (unpaired) electrons. The zero-order chi connectivity index (χ0) is 17.3. The largest absolute Gasteiger partial charge is 0.383 e. The van der Waals surface area contributed by atoms with E-state index in [1.165, 1.54) is 0 Å². The summed E-state index contributed by atoms with van der Waals surface area (Å²) in [5.74, 6) is 0. The van der Waals surface area contributed by atoms with Crippen molar-refractivity contribution in [3.63, 3.8) is 0 Å². The van der Waals surface area contributed by atoms with Crippen LogP contribution in [0, 0.1) is 14.9 Å². The molecule has 128 valence electrons. The van der Waals surface area contributed by atoms with Crippen molar-refractivity contribution in [2.45, 2.75) is 32.6 Å². The highest BCUT2D eigenvalue weighted by Gasteiger charge is 2.28. The standard InChI is InChI=1S/C15H19N5O3S/c1-11-7-12-8-13(20(21)22)3-4-14(12)18(11)10-19-15(24)17(9-16-19)5-6-23-2/h3-4,8-9,11H,5-7,10H2,1-2H3/t11-/m1/s1. The number of nitro groups is 1. The molecule has 2 aromatic rings. The van der Waals surface area contributed by atoms with Crippen molar-refractivity contribution < 1.29 is 9.66 Å². The second-order valence-electron chi connectivity index (χ2n) is 5.83. The molecule has 9 heteroatoms. The van der Waals surface area contributed by atoms with Crippen LogP contribution in [-0.2, 0) is 24.4 Å². The van der Waals surface area contributed by atoms with Gasteiger partial charge in [0, 0.05) is 37.5 Å². The van der Waals surface area contributed by atoms with Crippen LogP contribution in [0.4, 0.5) is 11.4 Å². The lowest BCUT2D eigenvalue weighted by atomic mass is 10.1. The first-order chi connectivity index (χ1) is 11.5. The molecule has 3 rings (SSSR count). The summed E-state index contributed by atoms with van der Waals surface area (Å²) in [6, 6.07) is 5.23. The van der Waals surface area contributed by atoms with Gasteiger partial charge < -0.3 is 14.2 Å². The van der Waals surface area contributed by atoms with E-state index in [1.54, 1.807) is 30.3 Å². The van der Waals surface area contributed by atoms with Crippen LogP contribution in [0.25, 0.3) is 0 Å². The summed E-state index contributed by atoms with van der Waals surface area (Å²) in [4.78, 5) is 12.7. The molecular weight excluding hydrogens is 330 g/mol. The number of aromatic nitrogens is 3. The van der Waals surface area contributed by atoms with Crippen LogP contribution in [0.1, 0.15) is 12.5 Å². The molecule has 0 bridgehead atoms. The van der Waals surface area contributed by atoms with Crippen LogP contribution in [-0.4, -0.2) is 39.0 Å². The third-order valence-corrected chi connectivity index (χ3v) is 4.70. The molecule has 0 fully saturated rings. The number of rotatable bonds is 6. The number of ether oxygens (including phenoxy) is 1. The van der Waals surface area contributed by atoms with Crippen molar-refractivity contribution in [1.29, 1.82) is 0 Å². The Hall–Kier alpha value is -2.26. The van der Waals surface area contributed by atoms with Crippen molar-refractivity contribution in [2.24, 2.45) is 0 Å². The van der Waals surface area contributed by atoms with Gasteiger partial charge in [0.25, 0.3) is 5.69 Å². The Kier molecular flexibility index (Phi) is 4.63. The number of hydrogen-bond acceptors (Lipinski definition) is 6. The maximum Gasteiger partial charge on any atom is 0.269 e.